The zero-order valence-electron chi connectivity index (χ0n) is 24.3. The van der Waals surface area contributed by atoms with Crippen molar-refractivity contribution in [2.24, 2.45) is 4.40 Å². The molecule has 2 atom stereocenters. The Kier molecular flexibility index (Phi) is 7.86. The molecule has 0 bridgehead atoms. The van der Waals surface area contributed by atoms with Crippen molar-refractivity contribution in [2.75, 3.05) is 17.4 Å². The highest BCUT2D eigenvalue weighted by atomic mass is 35.5. The van der Waals surface area contributed by atoms with Crippen LogP contribution in [0.25, 0.3) is 11.3 Å². The van der Waals surface area contributed by atoms with E-state index in [0.29, 0.717) is 30.2 Å². The molecule has 2 aliphatic heterocycles. The van der Waals surface area contributed by atoms with Gasteiger partial charge in [-0.1, -0.05) is 69.3 Å². The predicted molar refractivity (Wildman–Crippen MR) is 169 cm³/mol. The van der Waals surface area contributed by atoms with Crippen molar-refractivity contribution in [3.05, 3.63) is 89.2 Å². The highest BCUT2D eigenvalue weighted by Crippen LogP contribution is 2.58. The summed E-state index contributed by atoms with van der Waals surface area (Å²) >= 11 is 6.79. The van der Waals surface area contributed by atoms with Gasteiger partial charge in [0.05, 0.1) is 22.0 Å². The van der Waals surface area contributed by atoms with Gasteiger partial charge in [0.1, 0.15) is 5.82 Å². The third-order valence-corrected chi connectivity index (χ3v) is 9.18. The molecule has 0 radical (unpaired) electrons. The molecule has 0 saturated carbocycles. The molecule has 1 saturated heterocycles. The Balaban J connectivity index is 1.75. The largest absolute Gasteiger partial charge is 0.348 e. The third kappa shape index (κ3) is 5.28. The van der Waals surface area contributed by atoms with Crippen LogP contribution in [0.2, 0.25) is 5.02 Å². The normalized spacial score (nSPS) is 21.0. The van der Waals surface area contributed by atoms with Gasteiger partial charge >= 0.3 is 0 Å². The first kappa shape index (κ1) is 30.0. The number of fused-ring (bicyclic) bond motifs is 1. The SMILES string of the molecule is C=CC(=O)N1C[C@H](C)N(C2=NS(O)(O)N(c3ccccc3C(C)(C)C)c3nc(-c4ccccc4F)c(Cl)cc32)C[C@H]1C. The second kappa shape index (κ2) is 11.0. The molecule has 3 aromatic rings. The van der Waals surface area contributed by atoms with E-state index in [-0.39, 0.29) is 45.5 Å². The number of piperazine rings is 1. The number of benzene rings is 2. The van der Waals surface area contributed by atoms with Gasteiger partial charge in [-0.05, 0) is 66.1 Å². The Labute approximate surface area is 252 Å². The first-order valence-electron chi connectivity index (χ1n) is 13.7. The zero-order valence-corrected chi connectivity index (χ0v) is 25.8. The van der Waals surface area contributed by atoms with E-state index in [0.717, 1.165) is 5.56 Å². The summed E-state index contributed by atoms with van der Waals surface area (Å²) in [6, 6.07) is 14.8. The maximum atomic E-state index is 15.0. The molecule has 1 amide bonds. The van der Waals surface area contributed by atoms with Gasteiger partial charge < -0.3 is 9.80 Å². The Morgan fingerprint density at radius 2 is 1.74 bits per heavy atom. The van der Waals surface area contributed by atoms with Gasteiger partial charge in [0.2, 0.25) is 5.91 Å². The summed E-state index contributed by atoms with van der Waals surface area (Å²) in [7, 11) is -3.89. The lowest BCUT2D eigenvalue weighted by Gasteiger charge is -2.49. The van der Waals surface area contributed by atoms with Crippen molar-refractivity contribution in [1.29, 1.82) is 0 Å². The quantitative estimate of drug-likeness (QED) is 0.299. The Hall–Kier alpha value is -3.44. The van der Waals surface area contributed by atoms with Crippen LogP contribution in [0.4, 0.5) is 15.9 Å². The van der Waals surface area contributed by atoms with Crippen LogP contribution in [0, 0.1) is 5.82 Å². The average molecular weight is 612 g/mol. The monoisotopic (exact) mass is 611 g/mol. The van der Waals surface area contributed by atoms with Crippen LogP contribution < -0.4 is 4.31 Å². The number of carbonyl (C=O) groups excluding carboxylic acids is 1. The average Bonchev–Trinajstić information content (AvgIpc) is 2.93. The maximum absolute atomic E-state index is 15.0. The van der Waals surface area contributed by atoms with Crippen molar-refractivity contribution in [3.63, 3.8) is 0 Å². The Morgan fingerprint density at radius 3 is 2.40 bits per heavy atom. The van der Waals surface area contributed by atoms with Gasteiger partial charge in [0.25, 0.3) is 0 Å². The number of nitrogens with zero attached hydrogens (tertiary/aromatic N) is 5. The second-order valence-electron chi connectivity index (χ2n) is 11.7. The fourth-order valence-electron chi connectivity index (χ4n) is 5.55. The van der Waals surface area contributed by atoms with Gasteiger partial charge in [-0.3, -0.25) is 13.9 Å². The van der Waals surface area contributed by atoms with Gasteiger partial charge in [0.15, 0.2) is 11.7 Å². The van der Waals surface area contributed by atoms with Crippen molar-refractivity contribution in [1.82, 2.24) is 14.8 Å². The van der Waals surface area contributed by atoms with E-state index in [1.165, 1.54) is 16.4 Å². The van der Waals surface area contributed by atoms with Crippen molar-refractivity contribution in [2.45, 2.75) is 52.1 Å². The number of halogens is 2. The van der Waals surface area contributed by atoms with E-state index in [1.807, 2.05) is 57.7 Å². The minimum atomic E-state index is -3.89. The van der Waals surface area contributed by atoms with E-state index in [9.17, 15) is 18.3 Å². The molecule has 0 unspecified atom stereocenters. The van der Waals surface area contributed by atoms with E-state index < -0.39 is 16.8 Å². The smallest absolute Gasteiger partial charge is 0.246 e. The zero-order chi connectivity index (χ0) is 30.6. The first-order valence-corrected chi connectivity index (χ1v) is 15.5. The predicted octanol–water partition coefficient (Wildman–Crippen LogP) is 7.42. The fourth-order valence-corrected chi connectivity index (χ4v) is 7.11. The summed E-state index contributed by atoms with van der Waals surface area (Å²) in [5.41, 5.74) is 1.83. The van der Waals surface area contributed by atoms with Gasteiger partial charge in [0, 0.05) is 30.7 Å². The molecule has 0 spiro atoms. The highest BCUT2D eigenvalue weighted by Gasteiger charge is 2.42. The summed E-state index contributed by atoms with van der Waals surface area (Å²) in [6.45, 7) is 14.3. The number of carbonyl (C=O) groups is 1. The molecule has 11 heteroatoms. The van der Waals surface area contributed by atoms with Crippen LogP contribution in [-0.2, 0) is 10.2 Å². The number of hydrogen-bond donors (Lipinski definition) is 2. The molecule has 1 fully saturated rings. The maximum Gasteiger partial charge on any atom is 0.246 e. The van der Waals surface area contributed by atoms with Crippen LogP contribution in [0.3, 0.4) is 0 Å². The number of para-hydroxylation sites is 1. The lowest BCUT2D eigenvalue weighted by molar-refractivity contribution is -0.130. The van der Waals surface area contributed by atoms with E-state index in [1.54, 1.807) is 35.2 Å². The van der Waals surface area contributed by atoms with Gasteiger partial charge in [-0.25, -0.2) is 13.7 Å². The topological polar surface area (TPSA) is 92.5 Å². The van der Waals surface area contributed by atoms with Crippen LogP contribution >= 0.6 is 22.6 Å². The molecular formula is C31H35ClFN5O3S. The van der Waals surface area contributed by atoms with Gasteiger partial charge in [-0.2, -0.15) is 0 Å². The fraction of sp³-hybridized carbons (Fsp3) is 0.323. The Bertz CT molecular complexity index is 1590. The summed E-state index contributed by atoms with van der Waals surface area (Å²) in [4.78, 5) is 21.0. The number of aromatic nitrogens is 1. The lowest BCUT2D eigenvalue weighted by Crippen LogP contribution is -2.59. The second-order valence-corrected chi connectivity index (χ2v) is 13.6. The Morgan fingerprint density at radius 1 is 1.07 bits per heavy atom. The molecule has 2 N–H and O–H groups in total. The standard InChI is InChI=1S/C31H35ClFN5O3S/c1-7-27(39)36-17-20(3)37(18-19(36)2)30-22-16-24(32)28(21-12-8-10-14-25(21)33)34-29(22)38(42(40,41)35-30)26-15-11-9-13-23(26)31(4,5)6/h7-16,19-20,40-41H,1,17-18H2,2-6H3/t19-,20+/m1/s1. The summed E-state index contributed by atoms with van der Waals surface area (Å²) in [5.74, 6) is -0.179. The summed E-state index contributed by atoms with van der Waals surface area (Å²) in [6.07, 6.45) is 1.29. The summed E-state index contributed by atoms with van der Waals surface area (Å²) < 4.78 is 44.4. The van der Waals surface area contributed by atoms with E-state index in [4.69, 9.17) is 16.6 Å². The molecule has 2 aromatic carbocycles. The van der Waals surface area contributed by atoms with Crippen molar-refractivity contribution < 1.29 is 18.3 Å². The molecule has 2 aliphatic rings. The van der Waals surface area contributed by atoms with E-state index in [2.05, 4.69) is 11.0 Å². The molecular weight excluding hydrogens is 577 g/mol. The molecule has 3 heterocycles. The molecule has 1 aromatic heterocycles. The van der Waals surface area contributed by atoms with Gasteiger partial charge in [-0.15, -0.1) is 4.40 Å². The van der Waals surface area contributed by atoms with Crippen LogP contribution in [0.1, 0.15) is 45.7 Å². The van der Waals surface area contributed by atoms with E-state index >= 15 is 0 Å². The molecule has 0 aliphatic carbocycles. The minimum Gasteiger partial charge on any atom is -0.348 e. The number of amides is 1. The highest BCUT2D eigenvalue weighted by molar-refractivity contribution is 8.24. The van der Waals surface area contributed by atoms with Crippen molar-refractivity contribution in [3.8, 4) is 11.3 Å². The molecule has 5 rings (SSSR count). The lowest BCUT2D eigenvalue weighted by atomic mass is 9.86. The number of anilines is 2. The number of rotatable bonds is 3. The number of amidine groups is 1. The van der Waals surface area contributed by atoms with Crippen LogP contribution in [-0.4, -0.2) is 60.8 Å². The minimum absolute atomic E-state index is 0.172. The molecule has 42 heavy (non-hydrogen) atoms. The third-order valence-electron chi connectivity index (χ3n) is 7.62. The van der Waals surface area contributed by atoms with Crippen LogP contribution in [0.5, 0.6) is 0 Å². The van der Waals surface area contributed by atoms with Crippen molar-refractivity contribution >= 4 is 45.8 Å². The molecule has 222 valence electrons. The first-order chi connectivity index (χ1) is 19.7. The summed E-state index contributed by atoms with van der Waals surface area (Å²) in [5, 5.41) is 0.190. The van der Waals surface area contributed by atoms with Crippen LogP contribution in [0.15, 0.2) is 71.6 Å². The number of pyridine rings is 1. The molecule has 8 nitrogen and oxygen atoms in total. The number of hydrogen-bond acceptors (Lipinski definition) is 7.